The van der Waals surface area contributed by atoms with Gasteiger partial charge in [0.15, 0.2) is 0 Å². The Balaban J connectivity index is 2.81. The number of rotatable bonds is 1. The summed E-state index contributed by atoms with van der Waals surface area (Å²) in [5.41, 5.74) is 3.29. The molecule has 0 saturated heterocycles. The Hall–Kier alpha value is -1.63. The fourth-order valence-corrected chi connectivity index (χ4v) is 1.64. The van der Waals surface area contributed by atoms with Crippen molar-refractivity contribution in [2.45, 2.75) is 13.8 Å². The monoisotopic (exact) mass is 183 g/mol. The smallest absolute Gasteiger partial charge is 0.0731 e. The van der Waals surface area contributed by atoms with Gasteiger partial charge in [-0.2, -0.15) is 0 Å². The van der Waals surface area contributed by atoms with Crippen molar-refractivity contribution in [1.29, 1.82) is 0 Å². The lowest BCUT2D eigenvalue weighted by Gasteiger charge is -2.05. The number of fused-ring (bicyclic) bond motifs is 1. The molecule has 1 heterocycles. The number of allylic oxidation sites excluding steroid dienone is 1. The first-order chi connectivity index (χ1) is 6.68. The molecule has 70 valence electrons. The predicted octanol–water partition coefficient (Wildman–Crippen LogP) is 3.58. The summed E-state index contributed by atoms with van der Waals surface area (Å²) in [7, 11) is 0. The molecular weight excluding hydrogens is 170 g/mol. The van der Waals surface area contributed by atoms with Crippen molar-refractivity contribution >= 4 is 16.3 Å². The first-order valence-electron chi connectivity index (χ1n) is 4.70. The van der Waals surface area contributed by atoms with Crippen LogP contribution in [0.25, 0.3) is 16.3 Å². The van der Waals surface area contributed by atoms with Crippen LogP contribution in [0.4, 0.5) is 0 Å². The van der Waals surface area contributed by atoms with Crippen LogP contribution in [0.5, 0.6) is 0 Å². The molecule has 0 saturated carbocycles. The van der Waals surface area contributed by atoms with Crippen LogP contribution >= 0.6 is 0 Å². The fourth-order valence-electron chi connectivity index (χ4n) is 1.64. The minimum Gasteiger partial charge on any atom is -0.256 e. The van der Waals surface area contributed by atoms with Crippen LogP contribution in [-0.4, -0.2) is 4.98 Å². The molecule has 1 aromatic carbocycles. The zero-order valence-electron chi connectivity index (χ0n) is 8.54. The van der Waals surface area contributed by atoms with Crippen molar-refractivity contribution < 1.29 is 0 Å². The Labute approximate surface area is 84.1 Å². The van der Waals surface area contributed by atoms with E-state index in [1.54, 1.807) is 0 Å². The second kappa shape index (κ2) is 3.26. The van der Waals surface area contributed by atoms with E-state index in [4.69, 9.17) is 0 Å². The van der Waals surface area contributed by atoms with Gasteiger partial charge in [0.25, 0.3) is 0 Å². The van der Waals surface area contributed by atoms with Gasteiger partial charge in [0.2, 0.25) is 0 Å². The SMILES string of the molecule is C=C(C)c1nccc2cc(C)ccc12. The summed E-state index contributed by atoms with van der Waals surface area (Å²) in [6.45, 7) is 8.02. The number of pyridine rings is 1. The normalized spacial score (nSPS) is 10.4. The predicted molar refractivity (Wildman–Crippen MR) is 61.2 cm³/mol. The number of benzene rings is 1. The van der Waals surface area contributed by atoms with Gasteiger partial charge < -0.3 is 0 Å². The quantitative estimate of drug-likeness (QED) is 0.658. The number of hydrogen-bond donors (Lipinski definition) is 0. The Morgan fingerprint density at radius 1 is 1.29 bits per heavy atom. The molecule has 0 aliphatic carbocycles. The molecule has 2 aromatic rings. The summed E-state index contributed by atoms with van der Waals surface area (Å²) < 4.78 is 0. The van der Waals surface area contributed by atoms with Crippen molar-refractivity contribution in [3.05, 3.63) is 48.3 Å². The van der Waals surface area contributed by atoms with Crippen LogP contribution in [0.3, 0.4) is 0 Å². The van der Waals surface area contributed by atoms with E-state index in [1.165, 1.54) is 16.3 Å². The standard InChI is InChI=1S/C13H13N/c1-9(2)13-12-5-4-10(3)8-11(12)6-7-14-13/h4-8H,1H2,2-3H3. The topological polar surface area (TPSA) is 12.9 Å². The van der Waals surface area contributed by atoms with E-state index in [-0.39, 0.29) is 0 Å². The summed E-state index contributed by atoms with van der Waals surface area (Å²) >= 11 is 0. The van der Waals surface area contributed by atoms with Crippen LogP contribution < -0.4 is 0 Å². The van der Waals surface area contributed by atoms with Gasteiger partial charge in [0.1, 0.15) is 0 Å². The number of aryl methyl sites for hydroxylation is 1. The minimum atomic E-state index is 1.00. The Morgan fingerprint density at radius 2 is 2.07 bits per heavy atom. The van der Waals surface area contributed by atoms with Crippen molar-refractivity contribution in [3.63, 3.8) is 0 Å². The molecule has 1 nitrogen and oxygen atoms in total. The zero-order chi connectivity index (χ0) is 10.1. The second-order valence-corrected chi connectivity index (χ2v) is 3.66. The second-order valence-electron chi connectivity index (χ2n) is 3.66. The molecule has 0 fully saturated rings. The first kappa shape index (κ1) is 8.95. The van der Waals surface area contributed by atoms with Crippen LogP contribution in [0.1, 0.15) is 18.2 Å². The van der Waals surface area contributed by atoms with Crippen molar-refractivity contribution in [3.8, 4) is 0 Å². The van der Waals surface area contributed by atoms with E-state index in [2.05, 4.69) is 36.7 Å². The number of hydrogen-bond acceptors (Lipinski definition) is 1. The maximum atomic E-state index is 4.34. The van der Waals surface area contributed by atoms with Crippen LogP contribution in [0.15, 0.2) is 37.0 Å². The van der Waals surface area contributed by atoms with E-state index in [0.717, 1.165) is 11.3 Å². The summed E-state index contributed by atoms with van der Waals surface area (Å²) in [6.07, 6.45) is 1.84. The third-order valence-electron chi connectivity index (χ3n) is 2.32. The molecular formula is C13H13N. The lowest BCUT2D eigenvalue weighted by Crippen LogP contribution is -1.87. The fraction of sp³-hybridized carbons (Fsp3) is 0.154. The minimum absolute atomic E-state index is 1.00. The maximum Gasteiger partial charge on any atom is 0.0731 e. The zero-order valence-corrected chi connectivity index (χ0v) is 8.54. The Kier molecular flexibility index (Phi) is 2.08. The Bertz CT molecular complexity index is 498. The van der Waals surface area contributed by atoms with Gasteiger partial charge in [0.05, 0.1) is 5.69 Å². The van der Waals surface area contributed by atoms with E-state index in [9.17, 15) is 0 Å². The van der Waals surface area contributed by atoms with E-state index >= 15 is 0 Å². The van der Waals surface area contributed by atoms with Gasteiger partial charge >= 0.3 is 0 Å². The molecule has 0 N–H and O–H groups in total. The average Bonchev–Trinajstić information content (AvgIpc) is 2.16. The molecule has 1 aromatic heterocycles. The van der Waals surface area contributed by atoms with Crippen molar-refractivity contribution in [2.24, 2.45) is 0 Å². The van der Waals surface area contributed by atoms with Crippen molar-refractivity contribution in [2.75, 3.05) is 0 Å². The number of nitrogens with zero attached hydrogens (tertiary/aromatic N) is 1. The molecule has 0 atom stereocenters. The van der Waals surface area contributed by atoms with Gasteiger partial charge in [-0.15, -0.1) is 0 Å². The highest BCUT2D eigenvalue weighted by Gasteiger charge is 2.01. The van der Waals surface area contributed by atoms with Gasteiger partial charge in [0, 0.05) is 11.6 Å². The summed E-state index contributed by atoms with van der Waals surface area (Å²) in [5.74, 6) is 0. The average molecular weight is 183 g/mol. The molecule has 0 aliphatic rings. The Morgan fingerprint density at radius 3 is 2.79 bits per heavy atom. The van der Waals surface area contributed by atoms with Gasteiger partial charge in [-0.25, -0.2) is 0 Å². The highest BCUT2D eigenvalue weighted by Crippen LogP contribution is 2.22. The van der Waals surface area contributed by atoms with Gasteiger partial charge in [-0.1, -0.05) is 30.3 Å². The molecule has 0 unspecified atom stereocenters. The molecule has 2 rings (SSSR count). The molecule has 0 spiro atoms. The molecule has 0 amide bonds. The van der Waals surface area contributed by atoms with Crippen LogP contribution in [0.2, 0.25) is 0 Å². The van der Waals surface area contributed by atoms with E-state index in [0.29, 0.717) is 0 Å². The molecule has 0 radical (unpaired) electrons. The van der Waals surface area contributed by atoms with Gasteiger partial charge in [-0.05, 0) is 30.9 Å². The molecule has 0 bridgehead atoms. The summed E-state index contributed by atoms with van der Waals surface area (Å²) in [6, 6.07) is 8.43. The highest BCUT2D eigenvalue weighted by molar-refractivity contribution is 5.91. The largest absolute Gasteiger partial charge is 0.256 e. The summed E-state index contributed by atoms with van der Waals surface area (Å²) in [4.78, 5) is 4.34. The molecule has 1 heteroatoms. The molecule has 0 aliphatic heterocycles. The van der Waals surface area contributed by atoms with Crippen LogP contribution in [0, 0.1) is 6.92 Å². The highest BCUT2D eigenvalue weighted by atomic mass is 14.7. The third-order valence-corrected chi connectivity index (χ3v) is 2.32. The number of aromatic nitrogens is 1. The lowest BCUT2D eigenvalue weighted by molar-refractivity contribution is 1.30. The lowest BCUT2D eigenvalue weighted by atomic mass is 10.0. The van der Waals surface area contributed by atoms with E-state index in [1.807, 2.05) is 19.2 Å². The maximum absolute atomic E-state index is 4.34. The summed E-state index contributed by atoms with van der Waals surface area (Å²) in [5, 5.41) is 2.42. The van der Waals surface area contributed by atoms with Crippen LogP contribution in [-0.2, 0) is 0 Å². The third kappa shape index (κ3) is 1.41. The molecule has 14 heavy (non-hydrogen) atoms. The van der Waals surface area contributed by atoms with E-state index < -0.39 is 0 Å². The first-order valence-corrected chi connectivity index (χ1v) is 4.70. The van der Waals surface area contributed by atoms with Crippen molar-refractivity contribution in [1.82, 2.24) is 4.98 Å². The van der Waals surface area contributed by atoms with Gasteiger partial charge in [-0.3, -0.25) is 4.98 Å².